The Morgan fingerprint density at radius 1 is 1.43 bits per heavy atom. The minimum Gasteiger partial charge on any atom is -0.382 e. The number of aryl methyl sites for hydroxylation is 1. The minimum atomic E-state index is -0.104. The van der Waals surface area contributed by atoms with Gasteiger partial charge in [-0.3, -0.25) is 4.79 Å². The Kier molecular flexibility index (Phi) is 2.11. The largest absolute Gasteiger partial charge is 0.382 e. The lowest BCUT2D eigenvalue weighted by molar-refractivity contribution is 0.0788. The van der Waals surface area contributed by atoms with Crippen LogP contribution in [0.5, 0.6) is 0 Å². The van der Waals surface area contributed by atoms with E-state index < -0.39 is 0 Å². The highest BCUT2D eigenvalue weighted by molar-refractivity contribution is 5.96. The molecule has 0 atom stereocenters. The van der Waals surface area contributed by atoms with Crippen molar-refractivity contribution < 1.29 is 4.79 Å². The second kappa shape index (κ2) is 3.28. The lowest BCUT2D eigenvalue weighted by atomic mass is 10.3. The van der Waals surface area contributed by atoms with Crippen molar-refractivity contribution in [2.24, 2.45) is 7.05 Å². The molecule has 0 aromatic carbocycles. The zero-order chi connectivity index (χ0) is 10.1. The molecule has 6 heteroatoms. The molecule has 0 unspecified atom stereocenters. The van der Waals surface area contributed by atoms with Gasteiger partial charge in [-0.25, -0.2) is 4.68 Å². The lowest BCUT2D eigenvalue weighted by Crippen LogP contribution is -2.28. The van der Waals surface area contributed by atoms with E-state index in [1.165, 1.54) is 4.68 Å². The maximum absolute atomic E-state index is 11.8. The van der Waals surface area contributed by atoms with E-state index in [2.05, 4.69) is 10.3 Å². The van der Waals surface area contributed by atoms with Gasteiger partial charge in [0.25, 0.3) is 5.91 Å². The van der Waals surface area contributed by atoms with Crippen LogP contribution in [0.4, 0.5) is 5.82 Å². The van der Waals surface area contributed by atoms with Crippen molar-refractivity contribution in [3.63, 3.8) is 0 Å². The van der Waals surface area contributed by atoms with Crippen LogP contribution in [0.25, 0.3) is 0 Å². The van der Waals surface area contributed by atoms with Crippen molar-refractivity contribution in [2.45, 2.75) is 12.8 Å². The summed E-state index contributed by atoms with van der Waals surface area (Å²) in [4.78, 5) is 13.6. The average molecular weight is 195 g/mol. The number of likely N-dealkylation sites (tertiary alicyclic amines) is 1. The summed E-state index contributed by atoms with van der Waals surface area (Å²) >= 11 is 0. The highest BCUT2D eigenvalue weighted by Crippen LogP contribution is 2.14. The SMILES string of the molecule is Cn1nnc(C(=O)N2CCCC2)c1N. The Balaban J connectivity index is 2.22. The molecular weight excluding hydrogens is 182 g/mol. The Labute approximate surface area is 81.7 Å². The van der Waals surface area contributed by atoms with E-state index in [1.54, 1.807) is 11.9 Å². The normalized spacial score (nSPS) is 16.2. The molecule has 0 radical (unpaired) electrons. The Bertz CT molecular complexity index is 353. The molecule has 1 aromatic heterocycles. The summed E-state index contributed by atoms with van der Waals surface area (Å²) in [5.41, 5.74) is 5.93. The lowest BCUT2D eigenvalue weighted by Gasteiger charge is -2.12. The molecule has 0 bridgehead atoms. The molecule has 14 heavy (non-hydrogen) atoms. The van der Waals surface area contributed by atoms with Crippen LogP contribution in [0.15, 0.2) is 0 Å². The molecule has 1 fully saturated rings. The van der Waals surface area contributed by atoms with Gasteiger partial charge in [-0.05, 0) is 12.8 Å². The second-order valence-corrected chi connectivity index (χ2v) is 3.45. The van der Waals surface area contributed by atoms with Crippen LogP contribution in [0.2, 0.25) is 0 Å². The quantitative estimate of drug-likeness (QED) is 0.663. The topological polar surface area (TPSA) is 77.0 Å². The van der Waals surface area contributed by atoms with Gasteiger partial charge in [-0.1, -0.05) is 5.21 Å². The summed E-state index contributed by atoms with van der Waals surface area (Å²) in [5, 5.41) is 7.46. The van der Waals surface area contributed by atoms with Crippen LogP contribution in [-0.2, 0) is 7.05 Å². The summed E-state index contributed by atoms with van der Waals surface area (Å²) in [6.45, 7) is 1.60. The number of nitrogens with two attached hydrogens (primary N) is 1. The van der Waals surface area contributed by atoms with E-state index in [0.717, 1.165) is 25.9 Å². The second-order valence-electron chi connectivity index (χ2n) is 3.45. The summed E-state index contributed by atoms with van der Waals surface area (Å²) in [6.07, 6.45) is 2.12. The molecule has 2 N–H and O–H groups in total. The molecule has 1 aliphatic rings. The summed E-state index contributed by atoms with van der Waals surface area (Å²) in [6, 6.07) is 0. The maximum Gasteiger partial charge on any atom is 0.278 e. The standard InChI is InChI=1S/C8H13N5O/c1-12-7(9)6(10-11-12)8(14)13-4-2-3-5-13/h2-5,9H2,1H3. The van der Waals surface area contributed by atoms with Gasteiger partial charge in [0.15, 0.2) is 11.5 Å². The van der Waals surface area contributed by atoms with Crippen LogP contribution in [-0.4, -0.2) is 38.9 Å². The van der Waals surface area contributed by atoms with Crippen molar-refractivity contribution >= 4 is 11.7 Å². The van der Waals surface area contributed by atoms with Gasteiger partial charge >= 0.3 is 0 Å². The van der Waals surface area contributed by atoms with Gasteiger partial charge in [-0.15, -0.1) is 5.10 Å². The first-order valence-corrected chi connectivity index (χ1v) is 4.64. The van der Waals surface area contributed by atoms with E-state index in [1.807, 2.05) is 0 Å². The fraction of sp³-hybridized carbons (Fsp3) is 0.625. The number of nitrogens with zero attached hydrogens (tertiary/aromatic N) is 4. The number of carbonyl (C=O) groups is 1. The monoisotopic (exact) mass is 195 g/mol. The first-order chi connectivity index (χ1) is 6.70. The molecule has 1 saturated heterocycles. The molecule has 1 aliphatic heterocycles. The molecule has 0 saturated carbocycles. The number of aromatic nitrogens is 3. The minimum absolute atomic E-state index is 0.104. The van der Waals surface area contributed by atoms with Crippen LogP contribution in [0.1, 0.15) is 23.3 Å². The van der Waals surface area contributed by atoms with E-state index >= 15 is 0 Å². The number of amides is 1. The third-order valence-electron chi connectivity index (χ3n) is 2.47. The molecule has 76 valence electrons. The first-order valence-electron chi connectivity index (χ1n) is 4.64. The number of hydrogen-bond donors (Lipinski definition) is 1. The van der Waals surface area contributed by atoms with Gasteiger partial charge in [0.1, 0.15) is 0 Å². The van der Waals surface area contributed by atoms with Crippen molar-refractivity contribution in [2.75, 3.05) is 18.8 Å². The highest BCUT2D eigenvalue weighted by Gasteiger charge is 2.24. The highest BCUT2D eigenvalue weighted by atomic mass is 16.2. The van der Waals surface area contributed by atoms with E-state index in [0.29, 0.717) is 5.82 Å². The number of nitrogen functional groups attached to an aromatic ring is 1. The van der Waals surface area contributed by atoms with E-state index in [-0.39, 0.29) is 11.6 Å². The van der Waals surface area contributed by atoms with Crippen molar-refractivity contribution in [3.8, 4) is 0 Å². The number of anilines is 1. The Hall–Kier alpha value is -1.59. The smallest absolute Gasteiger partial charge is 0.278 e. The maximum atomic E-state index is 11.8. The molecule has 6 nitrogen and oxygen atoms in total. The molecule has 0 spiro atoms. The fourth-order valence-corrected chi connectivity index (χ4v) is 1.59. The molecule has 2 rings (SSSR count). The molecule has 1 aromatic rings. The zero-order valence-corrected chi connectivity index (χ0v) is 8.10. The van der Waals surface area contributed by atoms with Crippen LogP contribution >= 0.6 is 0 Å². The first kappa shape index (κ1) is 8.98. The third kappa shape index (κ3) is 1.32. The Morgan fingerprint density at radius 3 is 2.57 bits per heavy atom. The predicted octanol–water partition coefficient (Wildman–Crippen LogP) is -0.367. The molecule has 1 amide bonds. The van der Waals surface area contributed by atoms with Gasteiger partial charge in [0.05, 0.1) is 0 Å². The zero-order valence-electron chi connectivity index (χ0n) is 8.10. The number of carbonyl (C=O) groups excluding carboxylic acids is 1. The van der Waals surface area contributed by atoms with Crippen molar-refractivity contribution in [3.05, 3.63) is 5.69 Å². The molecule has 2 heterocycles. The number of hydrogen-bond acceptors (Lipinski definition) is 4. The fourth-order valence-electron chi connectivity index (χ4n) is 1.59. The van der Waals surface area contributed by atoms with Crippen LogP contribution in [0, 0.1) is 0 Å². The molecule has 0 aliphatic carbocycles. The van der Waals surface area contributed by atoms with Gasteiger partial charge in [-0.2, -0.15) is 0 Å². The van der Waals surface area contributed by atoms with Gasteiger partial charge < -0.3 is 10.6 Å². The third-order valence-corrected chi connectivity index (χ3v) is 2.47. The van der Waals surface area contributed by atoms with Crippen LogP contribution < -0.4 is 5.73 Å². The van der Waals surface area contributed by atoms with Crippen molar-refractivity contribution in [1.82, 2.24) is 19.9 Å². The average Bonchev–Trinajstić information content (AvgIpc) is 2.77. The predicted molar refractivity (Wildman–Crippen MR) is 50.6 cm³/mol. The van der Waals surface area contributed by atoms with E-state index in [9.17, 15) is 4.79 Å². The van der Waals surface area contributed by atoms with E-state index in [4.69, 9.17) is 5.73 Å². The summed E-state index contributed by atoms with van der Waals surface area (Å²) in [5.74, 6) is 0.231. The van der Waals surface area contributed by atoms with Crippen molar-refractivity contribution in [1.29, 1.82) is 0 Å². The summed E-state index contributed by atoms with van der Waals surface area (Å²) < 4.78 is 1.41. The summed E-state index contributed by atoms with van der Waals surface area (Å²) in [7, 11) is 1.67. The molecular formula is C8H13N5O. The Morgan fingerprint density at radius 2 is 2.07 bits per heavy atom. The van der Waals surface area contributed by atoms with Crippen LogP contribution in [0.3, 0.4) is 0 Å². The number of rotatable bonds is 1. The van der Waals surface area contributed by atoms with Gasteiger partial charge in [0, 0.05) is 20.1 Å². The van der Waals surface area contributed by atoms with Gasteiger partial charge in [0.2, 0.25) is 0 Å².